The van der Waals surface area contributed by atoms with E-state index in [1.165, 1.54) is 19.2 Å². The number of nitrogens with one attached hydrogen (secondary N) is 3. The molecule has 2 aromatic heterocycles. The van der Waals surface area contributed by atoms with Crippen LogP contribution in [0.3, 0.4) is 0 Å². The average molecular weight is 479 g/mol. The van der Waals surface area contributed by atoms with Crippen LogP contribution in [0.15, 0.2) is 77.8 Å². The summed E-state index contributed by atoms with van der Waals surface area (Å²) in [6, 6.07) is 18.7. The summed E-state index contributed by atoms with van der Waals surface area (Å²) in [4.78, 5) is 20.3. The molecule has 0 aliphatic rings. The van der Waals surface area contributed by atoms with Crippen LogP contribution < -0.4 is 14.8 Å². The fraction of sp³-hybridized carbons (Fsp3) is 0.0435. The minimum absolute atomic E-state index is 0.0991. The first-order valence-electron chi connectivity index (χ1n) is 9.87. The van der Waals surface area contributed by atoms with E-state index in [9.17, 15) is 13.2 Å². The molecule has 0 spiro atoms. The molecule has 0 bridgehead atoms. The zero-order chi connectivity index (χ0) is 23.0. The number of rotatable bonds is 6. The highest BCUT2D eigenvalue weighted by Gasteiger charge is 2.17. The molecule has 0 saturated heterocycles. The predicted octanol–water partition coefficient (Wildman–Crippen LogP) is 4.84. The predicted molar refractivity (Wildman–Crippen MR) is 130 cm³/mol. The van der Waals surface area contributed by atoms with Crippen LogP contribution >= 0.6 is 11.3 Å². The summed E-state index contributed by atoms with van der Waals surface area (Å²) < 4.78 is 33.6. The maximum Gasteiger partial charge on any atom is 0.263 e. The second-order valence-corrected chi connectivity index (χ2v) is 9.93. The topological polar surface area (TPSA) is 113 Å². The number of carbonyl (C=O) groups is 1. The summed E-state index contributed by atoms with van der Waals surface area (Å²) in [5.74, 6) is 0.299. The zero-order valence-corrected chi connectivity index (χ0v) is 19.0. The molecular weight excluding hydrogens is 460 g/mol. The zero-order valence-electron chi connectivity index (χ0n) is 17.3. The van der Waals surface area contributed by atoms with Gasteiger partial charge in [-0.15, -0.1) is 0 Å². The Hall–Kier alpha value is -3.89. The molecule has 33 heavy (non-hydrogen) atoms. The minimum atomic E-state index is -3.81. The number of sulfonamides is 1. The van der Waals surface area contributed by atoms with Crippen LogP contribution in [-0.4, -0.2) is 31.4 Å². The van der Waals surface area contributed by atoms with Crippen molar-refractivity contribution in [1.29, 1.82) is 0 Å². The molecule has 0 fully saturated rings. The summed E-state index contributed by atoms with van der Waals surface area (Å²) in [6.07, 6.45) is 1.84. The number of ether oxygens (including phenoxy) is 1. The number of carbonyl (C=O) groups excluding carboxylic acids is 1. The number of thiazole rings is 1. The monoisotopic (exact) mass is 478 g/mol. The highest BCUT2D eigenvalue weighted by Crippen LogP contribution is 2.29. The molecule has 166 valence electrons. The summed E-state index contributed by atoms with van der Waals surface area (Å²) in [5.41, 5.74) is 2.72. The van der Waals surface area contributed by atoms with Crippen molar-refractivity contribution >= 4 is 59.2 Å². The molecule has 10 heteroatoms. The molecule has 5 rings (SSSR count). The molecule has 0 aliphatic heterocycles. The van der Waals surface area contributed by atoms with Crippen LogP contribution in [0.25, 0.3) is 21.1 Å². The number of aromatic nitrogens is 2. The van der Waals surface area contributed by atoms with Gasteiger partial charge in [0, 0.05) is 28.4 Å². The van der Waals surface area contributed by atoms with Gasteiger partial charge < -0.3 is 15.0 Å². The van der Waals surface area contributed by atoms with E-state index in [0.717, 1.165) is 22.2 Å². The number of hydrogen-bond acceptors (Lipinski definition) is 6. The second kappa shape index (κ2) is 8.23. The Kier molecular flexibility index (Phi) is 5.23. The van der Waals surface area contributed by atoms with Crippen molar-refractivity contribution in [3.8, 4) is 5.75 Å². The number of anilines is 2. The van der Waals surface area contributed by atoms with E-state index in [0.29, 0.717) is 27.2 Å². The van der Waals surface area contributed by atoms with Crippen LogP contribution in [0.5, 0.6) is 5.75 Å². The molecule has 8 nitrogen and oxygen atoms in total. The molecule has 2 heterocycles. The summed E-state index contributed by atoms with van der Waals surface area (Å²) >= 11 is 1.16. The quantitative estimate of drug-likeness (QED) is 0.323. The molecule has 5 aromatic rings. The van der Waals surface area contributed by atoms with Crippen LogP contribution in [0.4, 0.5) is 10.8 Å². The third-order valence-electron chi connectivity index (χ3n) is 5.05. The number of benzene rings is 3. The van der Waals surface area contributed by atoms with Crippen LogP contribution in [-0.2, 0) is 10.0 Å². The number of amides is 1. The van der Waals surface area contributed by atoms with Crippen LogP contribution in [0.2, 0.25) is 0 Å². The maximum atomic E-state index is 12.7. The molecule has 3 aromatic carbocycles. The van der Waals surface area contributed by atoms with E-state index in [4.69, 9.17) is 4.74 Å². The Labute approximate surface area is 193 Å². The van der Waals surface area contributed by atoms with Gasteiger partial charge in [0.1, 0.15) is 5.75 Å². The van der Waals surface area contributed by atoms with E-state index in [2.05, 4.69) is 20.0 Å². The van der Waals surface area contributed by atoms with Crippen LogP contribution in [0.1, 0.15) is 10.4 Å². The van der Waals surface area contributed by atoms with Crippen LogP contribution in [0, 0.1) is 0 Å². The lowest BCUT2D eigenvalue weighted by atomic mass is 10.2. The largest absolute Gasteiger partial charge is 0.497 e. The van der Waals surface area contributed by atoms with Gasteiger partial charge in [-0.25, -0.2) is 13.4 Å². The van der Waals surface area contributed by atoms with Crippen molar-refractivity contribution in [3.63, 3.8) is 0 Å². The summed E-state index contributed by atoms with van der Waals surface area (Å²) in [5, 5.41) is 4.11. The van der Waals surface area contributed by atoms with Crippen molar-refractivity contribution in [2.75, 3.05) is 17.1 Å². The fourth-order valence-electron chi connectivity index (χ4n) is 3.37. The minimum Gasteiger partial charge on any atom is -0.497 e. The molecule has 1 amide bonds. The van der Waals surface area contributed by atoms with Crippen molar-refractivity contribution < 1.29 is 17.9 Å². The first-order chi connectivity index (χ1) is 15.9. The fourth-order valence-corrected chi connectivity index (χ4v) is 5.51. The molecule has 0 saturated carbocycles. The maximum absolute atomic E-state index is 12.7. The standard InChI is InChI=1S/C23H18N4O4S2/c1-31-17-4-6-18(7-5-17)33(29,30)27-23-26-20-8-2-15(13-21(20)32-23)22(28)25-16-3-9-19-14(12-16)10-11-24-19/h2-13,24H,1H3,(H,25,28)(H,26,27). The lowest BCUT2D eigenvalue weighted by molar-refractivity contribution is 0.102. The number of hydrogen-bond donors (Lipinski definition) is 3. The van der Waals surface area contributed by atoms with E-state index >= 15 is 0 Å². The molecule has 0 unspecified atom stereocenters. The van der Waals surface area contributed by atoms with Gasteiger partial charge in [0.2, 0.25) is 0 Å². The highest BCUT2D eigenvalue weighted by atomic mass is 32.2. The first kappa shape index (κ1) is 21.0. The first-order valence-corrected chi connectivity index (χ1v) is 12.2. The molecular formula is C23H18N4O4S2. The smallest absolute Gasteiger partial charge is 0.263 e. The Morgan fingerprint density at radius 1 is 1.03 bits per heavy atom. The van der Waals surface area contributed by atoms with Gasteiger partial charge in [0.25, 0.3) is 15.9 Å². The third kappa shape index (κ3) is 4.26. The van der Waals surface area contributed by atoms with Gasteiger partial charge >= 0.3 is 0 Å². The van der Waals surface area contributed by atoms with Crippen molar-refractivity contribution in [2.45, 2.75) is 4.90 Å². The number of methoxy groups -OCH3 is 1. The number of nitrogens with zero attached hydrogens (tertiary/aromatic N) is 1. The third-order valence-corrected chi connectivity index (χ3v) is 7.47. The van der Waals surface area contributed by atoms with E-state index in [-0.39, 0.29) is 15.9 Å². The lowest BCUT2D eigenvalue weighted by Crippen LogP contribution is -2.12. The summed E-state index contributed by atoms with van der Waals surface area (Å²) in [6.45, 7) is 0. The van der Waals surface area contributed by atoms with E-state index < -0.39 is 10.0 Å². The van der Waals surface area contributed by atoms with Gasteiger partial charge in [0.15, 0.2) is 5.13 Å². The van der Waals surface area contributed by atoms with Gasteiger partial charge in [-0.05, 0) is 66.7 Å². The van der Waals surface area contributed by atoms with Gasteiger partial charge in [-0.1, -0.05) is 11.3 Å². The molecule has 0 aliphatic carbocycles. The van der Waals surface area contributed by atoms with Gasteiger partial charge in [-0.3, -0.25) is 9.52 Å². The van der Waals surface area contributed by atoms with Gasteiger partial charge in [-0.2, -0.15) is 0 Å². The Bertz CT molecular complexity index is 1590. The Morgan fingerprint density at radius 2 is 1.85 bits per heavy atom. The highest BCUT2D eigenvalue weighted by molar-refractivity contribution is 7.93. The van der Waals surface area contributed by atoms with Crippen molar-refractivity contribution in [2.24, 2.45) is 0 Å². The van der Waals surface area contributed by atoms with Crippen molar-refractivity contribution in [1.82, 2.24) is 9.97 Å². The Morgan fingerprint density at radius 3 is 2.64 bits per heavy atom. The van der Waals surface area contributed by atoms with Crippen molar-refractivity contribution in [3.05, 3.63) is 78.5 Å². The number of H-pyrrole nitrogens is 1. The number of aromatic amines is 1. The second-order valence-electron chi connectivity index (χ2n) is 7.22. The molecule has 0 atom stereocenters. The SMILES string of the molecule is COc1ccc(S(=O)(=O)Nc2nc3ccc(C(=O)Nc4ccc5[nH]ccc5c4)cc3s2)cc1. The Balaban J connectivity index is 1.36. The average Bonchev–Trinajstić information content (AvgIpc) is 3.43. The van der Waals surface area contributed by atoms with E-state index in [1.54, 1.807) is 30.3 Å². The summed E-state index contributed by atoms with van der Waals surface area (Å²) in [7, 11) is -2.29. The van der Waals surface area contributed by atoms with E-state index in [1.807, 2.05) is 30.5 Å². The normalized spacial score (nSPS) is 11.5. The lowest BCUT2D eigenvalue weighted by Gasteiger charge is -2.05. The molecule has 0 radical (unpaired) electrons. The van der Waals surface area contributed by atoms with Gasteiger partial charge in [0.05, 0.1) is 22.2 Å². The molecule has 3 N–H and O–H groups in total. The number of fused-ring (bicyclic) bond motifs is 2.